The molecule has 2 heterocycles. The van der Waals surface area contributed by atoms with E-state index in [4.69, 9.17) is 0 Å². The largest absolute Gasteiger partial charge is 0.344 e. The number of hydrogen-bond donors (Lipinski definition) is 2. The number of carbonyl (C=O) groups excluding carboxylic acids is 3. The number of hydrazine groups is 1. The second-order valence-electron chi connectivity index (χ2n) is 5.13. The molecule has 1 aromatic heterocycles. The Morgan fingerprint density at radius 2 is 2.05 bits per heavy atom. The molecule has 0 radical (unpaired) electrons. The molecule has 0 bridgehead atoms. The molecule has 1 aromatic rings. The Hall–Kier alpha value is -1.89. The zero-order valence-corrected chi connectivity index (χ0v) is 11.7. The van der Waals surface area contributed by atoms with E-state index in [0.29, 0.717) is 17.7 Å². The number of nitrogens with one attached hydrogen (secondary N) is 2. The molecule has 0 unspecified atom stereocenters. The maximum Gasteiger partial charge on any atom is 0.344 e. The van der Waals surface area contributed by atoms with Gasteiger partial charge in [-0.15, -0.1) is 11.3 Å². The molecule has 1 aliphatic carbocycles. The number of amides is 4. The number of rotatable bonds is 2. The van der Waals surface area contributed by atoms with E-state index >= 15 is 0 Å². The lowest BCUT2D eigenvalue weighted by molar-refractivity contribution is -0.134. The first-order valence-electron chi connectivity index (χ1n) is 6.64. The van der Waals surface area contributed by atoms with Gasteiger partial charge in [0.05, 0.1) is 4.88 Å². The van der Waals surface area contributed by atoms with Crippen LogP contribution < -0.4 is 10.7 Å². The van der Waals surface area contributed by atoms with Crippen LogP contribution in [0, 0.1) is 0 Å². The van der Waals surface area contributed by atoms with Crippen LogP contribution in [0.25, 0.3) is 0 Å². The van der Waals surface area contributed by atoms with E-state index in [-0.39, 0.29) is 5.91 Å². The first-order chi connectivity index (χ1) is 9.62. The van der Waals surface area contributed by atoms with Crippen LogP contribution in [0.2, 0.25) is 0 Å². The summed E-state index contributed by atoms with van der Waals surface area (Å²) < 4.78 is 0. The lowest BCUT2D eigenvalue weighted by atomic mass is 9.82. The molecular formula is C13H15N3O3S. The van der Waals surface area contributed by atoms with Gasteiger partial charge in [-0.25, -0.2) is 4.79 Å². The lowest BCUT2D eigenvalue weighted by Gasteiger charge is -2.30. The van der Waals surface area contributed by atoms with Crippen LogP contribution in [0.5, 0.6) is 0 Å². The molecule has 4 amide bonds. The van der Waals surface area contributed by atoms with Gasteiger partial charge in [-0.1, -0.05) is 25.3 Å². The SMILES string of the molecule is O=C(NN1C(=O)NC2(CCCCC2)C1=O)c1cccs1. The lowest BCUT2D eigenvalue weighted by Crippen LogP contribution is -2.50. The van der Waals surface area contributed by atoms with E-state index in [1.54, 1.807) is 17.5 Å². The van der Waals surface area contributed by atoms with Crippen molar-refractivity contribution in [3.8, 4) is 0 Å². The molecule has 1 saturated heterocycles. The minimum atomic E-state index is -0.807. The smallest absolute Gasteiger partial charge is 0.322 e. The topological polar surface area (TPSA) is 78.5 Å². The van der Waals surface area contributed by atoms with Gasteiger partial charge in [-0.05, 0) is 24.3 Å². The number of imide groups is 1. The standard InChI is InChI=1S/C13H15N3O3S/c17-10(9-5-4-8-20-9)15-16-11(18)13(14-12(16)19)6-2-1-3-7-13/h4-5,8H,1-3,6-7H2,(H,14,19)(H,15,17). The number of thiophene rings is 1. The van der Waals surface area contributed by atoms with Crippen LogP contribution in [-0.4, -0.2) is 28.4 Å². The van der Waals surface area contributed by atoms with Crippen LogP contribution in [0.4, 0.5) is 4.79 Å². The van der Waals surface area contributed by atoms with Crippen LogP contribution in [-0.2, 0) is 4.79 Å². The summed E-state index contributed by atoms with van der Waals surface area (Å²) in [5, 5.41) is 5.34. The molecule has 7 heteroatoms. The number of nitrogens with zero attached hydrogens (tertiary/aromatic N) is 1. The van der Waals surface area contributed by atoms with E-state index < -0.39 is 17.5 Å². The highest BCUT2D eigenvalue weighted by molar-refractivity contribution is 7.12. The molecule has 6 nitrogen and oxygen atoms in total. The van der Waals surface area contributed by atoms with Crippen molar-refractivity contribution in [1.29, 1.82) is 0 Å². The molecule has 2 N–H and O–H groups in total. The van der Waals surface area contributed by atoms with Crippen LogP contribution in [0.1, 0.15) is 41.8 Å². The summed E-state index contributed by atoms with van der Waals surface area (Å²) in [4.78, 5) is 36.8. The van der Waals surface area contributed by atoms with Crippen molar-refractivity contribution in [2.75, 3.05) is 0 Å². The molecule has 2 fully saturated rings. The zero-order chi connectivity index (χ0) is 14.2. The Balaban J connectivity index is 1.75. The van der Waals surface area contributed by atoms with Crippen molar-refractivity contribution < 1.29 is 14.4 Å². The van der Waals surface area contributed by atoms with E-state index in [1.807, 2.05) is 0 Å². The van der Waals surface area contributed by atoms with Gasteiger partial charge in [0, 0.05) is 0 Å². The van der Waals surface area contributed by atoms with Gasteiger partial charge in [0.1, 0.15) is 5.54 Å². The summed E-state index contributed by atoms with van der Waals surface area (Å²) >= 11 is 1.26. The van der Waals surface area contributed by atoms with Crippen LogP contribution >= 0.6 is 11.3 Å². The third kappa shape index (κ3) is 2.07. The molecule has 1 spiro atoms. The number of urea groups is 1. The molecule has 106 valence electrons. The van der Waals surface area contributed by atoms with E-state index in [2.05, 4.69) is 10.7 Å². The molecule has 20 heavy (non-hydrogen) atoms. The predicted molar refractivity (Wildman–Crippen MR) is 73.0 cm³/mol. The van der Waals surface area contributed by atoms with Crippen LogP contribution in [0.3, 0.4) is 0 Å². The minimum absolute atomic E-state index is 0.341. The average Bonchev–Trinajstić information content (AvgIpc) is 3.04. The Morgan fingerprint density at radius 3 is 2.70 bits per heavy atom. The van der Waals surface area contributed by atoms with Crippen molar-refractivity contribution in [3.63, 3.8) is 0 Å². The fraction of sp³-hybridized carbons (Fsp3) is 0.462. The van der Waals surface area contributed by atoms with E-state index in [9.17, 15) is 14.4 Å². The van der Waals surface area contributed by atoms with Crippen molar-refractivity contribution in [3.05, 3.63) is 22.4 Å². The third-order valence-electron chi connectivity index (χ3n) is 3.83. The van der Waals surface area contributed by atoms with Crippen molar-refractivity contribution in [2.24, 2.45) is 0 Å². The summed E-state index contributed by atoms with van der Waals surface area (Å²) in [6.45, 7) is 0. The van der Waals surface area contributed by atoms with Gasteiger partial charge in [0.2, 0.25) is 0 Å². The Kier molecular flexibility index (Phi) is 3.21. The molecule has 0 atom stereocenters. The quantitative estimate of drug-likeness (QED) is 0.814. The molecule has 1 saturated carbocycles. The van der Waals surface area contributed by atoms with Gasteiger partial charge < -0.3 is 5.32 Å². The Bertz CT molecular complexity index is 549. The summed E-state index contributed by atoms with van der Waals surface area (Å²) in [5.41, 5.74) is 1.59. The van der Waals surface area contributed by atoms with Gasteiger partial charge >= 0.3 is 6.03 Å². The molecule has 1 aliphatic heterocycles. The first kappa shape index (κ1) is 13.1. The first-order valence-corrected chi connectivity index (χ1v) is 7.52. The number of hydrogen-bond acceptors (Lipinski definition) is 4. The second kappa shape index (κ2) is 4.90. The van der Waals surface area contributed by atoms with Crippen LogP contribution in [0.15, 0.2) is 17.5 Å². The third-order valence-corrected chi connectivity index (χ3v) is 4.70. The second-order valence-corrected chi connectivity index (χ2v) is 6.08. The number of carbonyl (C=O) groups is 3. The monoisotopic (exact) mass is 293 g/mol. The van der Waals surface area contributed by atoms with Gasteiger partial charge in [0.25, 0.3) is 11.8 Å². The van der Waals surface area contributed by atoms with Crippen molar-refractivity contribution in [1.82, 2.24) is 15.8 Å². The Morgan fingerprint density at radius 1 is 1.30 bits per heavy atom. The van der Waals surface area contributed by atoms with E-state index in [1.165, 1.54) is 11.3 Å². The molecule has 3 rings (SSSR count). The highest BCUT2D eigenvalue weighted by Crippen LogP contribution is 2.33. The van der Waals surface area contributed by atoms with Crippen molar-refractivity contribution in [2.45, 2.75) is 37.6 Å². The summed E-state index contributed by atoms with van der Waals surface area (Å²) in [6, 6.07) is 2.85. The maximum absolute atomic E-state index is 12.4. The van der Waals surface area contributed by atoms with Crippen molar-refractivity contribution >= 4 is 29.2 Å². The highest BCUT2D eigenvalue weighted by Gasteiger charge is 2.52. The molecular weight excluding hydrogens is 278 g/mol. The summed E-state index contributed by atoms with van der Waals surface area (Å²) in [5.74, 6) is -0.775. The average molecular weight is 293 g/mol. The maximum atomic E-state index is 12.4. The summed E-state index contributed by atoms with van der Waals surface area (Å²) in [7, 11) is 0. The van der Waals surface area contributed by atoms with Gasteiger partial charge in [-0.2, -0.15) is 5.01 Å². The fourth-order valence-electron chi connectivity index (χ4n) is 2.78. The summed E-state index contributed by atoms with van der Waals surface area (Å²) in [6.07, 6.45) is 4.19. The molecule has 2 aliphatic rings. The van der Waals surface area contributed by atoms with E-state index in [0.717, 1.165) is 24.3 Å². The van der Waals surface area contributed by atoms with Gasteiger partial charge in [-0.3, -0.25) is 15.0 Å². The van der Waals surface area contributed by atoms with Gasteiger partial charge in [0.15, 0.2) is 0 Å². The molecule has 0 aromatic carbocycles. The Labute approximate surface area is 120 Å². The predicted octanol–water partition coefficient (Wildman–Crippen LogP) is 1.65. The zero-order valence-electron chi connectivity index (χ0n) is 10.8. The normalized spacial score (nSPS) is 21.1. The minimum Gasteiger partial charge on any atom is -0.322 e. The fourth-order valence-corrected chi connectivity index (χ4v) is 3.39. The highest BCUT2D eigenvalue weighted by atomic mass is 32.1.